The number of nitrogens with two attached hydrogens (primary N) is 1. The molecular weight excluding hydrogens is 156 g/mol. The first-order valence-electron chi connectivity index (χ1n) is 4.47. The van der Waals surface area contributed by atoms with Crippen molar-refractivity contribution >= 4 is 5.91 Å². The smallest absolute Gasteiger partial charge is 0.265 e. The summed E-state index contributed by atoms with van der Waals surface area (Å²) in [6, 6.07) is -0.427. The minimum atomic E-state index is -0.427. The Labute approximate surface area is 71.6 Å². The number of rotatable bonds is 3. The van der Waals surface area contributed by atoms with Gasteiger partial charge in [0.15, 0.2) is 0 Å². The zero-order chi connectivity index (χ0) is 8.55. The molecule has 1 saturated heterocycles. The average Bonchev–Trinajstić information content (AvgIpc) is 2.82. The molecule has 0 bridgehead atoms. The summed E-state index contributed by atoms with van der Waals surface area (Å²) in [6.45, 7) is 1.07. The second-order valence-corrected chi connectivity index (χ2v) is 3.57. The van der Waals surface area contributed by atoms with E-state index in [0.29, 0.717) is 6.61 Å². The van der Waals surface area contributed by atoms with Gasteiger partial charge in [0.1, 0.15) is 6.04 Å². The van der Waals surface area contributed by atoms with E-state index in [1.54, 1.807) is 0 Å². The Hall–Kier alpha value is -0.610. The van der Waals surface area contributed by atoms with Crippen molar-refractivity contribution in [3.05, 3.63) is 0 Å². The van der Waals surface area contributed by atoms with E-state index in [-0.39, 0.29) is 5.91 Å². The number of hydroxylamine groups is 2. The largest absolute Gasteiger partial charge is 0.318 e. The molecule has 2 aliphatic rings. The van der Waals surface area contributed by atoms with Gasteiger partial charge in [0, 0.05) is 6.54 Å². The van der Waals surface area contributed by atoms with E-state index in [9.17, 15) is 4.79 Å². The minimum Gasteiger partial charge on any atom is -0.318 e. The van der Waals surface area contributed by atoms with Gasteiger partial charge >= 0.3 is 0 Å². The fourth-order valence-electron chi connectivity index (χ4n) is 1.37. The van der Waals surface area contributed by atoms with Gasteiger partial charge in [-0.3, -0.25) is 9.63 Å². The lowest BCUT2D eigenvalue weighted by atomic mass is 10.3. The quantitative estimate of drug-likeness (QED) is 0.643. The van der Waals surface area contributed by atoms with E-state index in [2.05, 4.69) is 0 Å². The molecule has 1 aliphatic heterocycles. The molecule has 0 aromatic rings. The number of nitrogens with zero attached hydrogens (tertiary/aromatic N) is 1. The van der Waals surface area contributed by atoms with Gasteiger partial charge < -0.3 is 5.73 Å². The lowest BCUT2D eigenvalue weighted by Crippen LogP contribution is -2.35. The maximum absolute atomic E-state index is 11.2. The van der Waals surface area contributed by atoms with Crippen LogP contribution in [0.3, 0.4) is 0 Å². The van der Waals surface area contributed by atoms with Crippen LogP contribution < -0.4 is 5.73 Å². The summed E-state index contributed by atoms with van der Waals surface area (Å²) in [4.78, 5) is 16.3. The molecule has 68 valence electrons. The molecule has 1 saturated carbocycles. The van der Waals surface area contributed by atoms with Crippen LogP contribution in [0.5, 0.6) is 0 Å². The zero-order valence-corrected chi connectivity index (χ0v) is 7.03. The van der Waals surface area contributed by atoms with Crippen LogP contribution in [0.25, 0.3) is 0 Å². The summed E-state index contributed by atoms with van der Waals surface area (Å²) in [5, 5.41) is 1.42. The van der Waals surface area contributed by atoms with Crippen molar-refractivity contribution in [3.63, 3.8) is 0 Å². The first-order chi connectivity index (χ1) is 5.77. The third kappa shape index (κ3) is 1.59. The number of hydrogen-bond acceptors (Lipinski definition) is 3. The highest BCUT2D eigenvalue weighted by Gasteiger charge is 2.31. The number of hydrogen-bond donors (Lipinski definition) is 1. The van der Waals surface area contributed by atoms with Gasteiger partial charge in [-0.1, -0.05) is 12.8 Å². The van der Waals surface area contributed by atoms with Gasteiger partial charge in [0.05, 0.1) is 6.61 Å². The van der Waals surface area contributed by atoms with Gasteiger partial charge in [-0.05, 0) is 12.3 Å². The van der Waals surface area contributed by atoms with Crippen molar-refractivity contribution in [2.24, 2.45) is 11.7 Å². The summed E-state index contributed by atoms with van der Waals surface area (Å²) in [5.41, 5.74) is 5.47. The zero-order valence-electron chi connectivity index (χ0n) is 7.03. The molecule has 2 fully saturated rings. The molecule has 1 atom stereocenters. The Morgan fingerprint density at radius 1 is 1.58 bits per heavy atom. The van der Waals surface area contributed by atoms with Crippen molar-refractivity contribution in [1.82, 2.24) is 5.06 Å². The first kappa shape index (κ1) is 8.01. The second kappa shape index (κ2) is 3.03. The second-order valence-electron chi connectivity index (χ2n) is 3.57. The molecule has 0 spiro atoms. The summed E-state index contributed by atoms with van der Waals surface area (Å²) >= 11 is 0. The lowest BCUT2D eigenvalue weighted by Gasteiger charge is -2.12. The molecule has 1 aliphatic carbocycles. The third-order valence-corrected chi connectivity index (χ3v) is 2.41. The minimum absolute atomic E-state index is 0.0596. The fourth-order valence-corrected chi connectivity index (χ4v) is 1.37. The van der Waals surface area contributed by atoms with E-state index in [0.717, 1.165) is 18.9 Å². The van der Waals surface area contributed by atoms with Crippen LogP contribution in [-0.2, 0) is 9.63 Å². The van der Waals surface area contributed by atoms with Crippen molar-refractivity contribution in [3.8, 4) is 0 Å². The van der Waals surface area contributed by atoms with Crippen LogP contribution in [0.1, 0.15) is 19.3 Å². The molecule has 1 amide bonds. The summed E-state index contributed by atoms with van der Waals surface area (Å²) in [5.74, 6) is 0.772. The molecule has 2 N–H and O–H groups in total. The Bertz CT molecular complexity index is 191. The molecule has 0 radical (unpaired) electrons. The van der Waals surface area contributed by atoms with Gasteiger partial charge in [-0.2, -0.15) is 0 Å². The molecule has 4 heteroatoms. The average molecular weight is 170 g/mol. The summed E-state index contributed by atoms with van der Waals surface area (Å²) in [7, 11) is 0. The normalized spacial score (nSPS) is 29.9. The van der Waals surface area contributed by atoms with Crippen molar-refractivity contribution in [1.29, 1.82) is 0 Å². The van der Waals surface area contributed by atoms with Gasteiger partial charge in [-0.15, -0.1) is 0 Å². The highest BCUT2D eigenvalue weighted by Crippen LogP contribution is 2.32. The monoisotopic (exact) mass is 170 g/mol. The van der Waals surface area contributed by atoms with Crippen LogP contribution in [0.2, 0.25) is 0 Å². The van der Waals surface area contributed by atoms with E-state index >= 15 is 0 Å². The predicted octanol–water partition coefficient (Wildman–Crippen LogP) is -0.112. The molecule has 1 heterocycles. The number of amides is 1. The Balaban J connectivity index is 1.76. The van der Waals surface area contributed by atoms with Crippen molar-refractivity contribution in [2.45, 2.75) is 25.3 Å². The van der Waals surface area contributed by atoms with Crippen molar-refractivity contribution < 1.29 is 9.63 Å². The Morgan fingerprint density at radius 3 is 2.83 bits per heavy atom. The summed E-state index contributed by atoms with van der Waals surface area (Å²) < 4.78 is 0. The molecule has 2 rings (SSSR count). The maximum atomic E-state index is 11.2. The molecular formula is C8H14N2O2. The Kier molecular flexibility index (Phi) is 2.02. The highest BCUT2D eigenvalue weighted by atomic mass is 16.7. The molecule has 4 nitrogen and oxygen atoms in total. The van der Waals surface area contributed by atoms with Crippen LogP contribution >= 0.6 is 0 Å². The third-order valence-electron chi connectivity index (χ3n) is 2.41. The van der Waals surface area contributed by atoms with E-state index < -0.39 is 6.04 Å². The van der Waals surface area contributed by atoms with Crippen LogP contribution in [-0.4, -0.2) is 30.2 Å². The van der Waals surface area contributed by atoms with Crippen LogP contribution in [0, 0.1) is 5.92 Å². The van der Waals surface area contributed by atoms with Gasteiger partial charge in [0.25, 0.3) is 5.91 Å². The Morgan fingerprint density at radius 2 is 2.33 bits per heavy atom. The van der Waals surface area contributed by atoms with E-state index in [1.165, 1.54) is 17.9 Å². The first-order valence-corrected chi connectivity index (χ1v) is 4.47. The summed E-state index contributed by atoms with van der Waals surface area (Å²) in [6.07, 6.45) is 3.70. The predicted molar refractivity (Wildman–Crippen MR) is 43.0 cm³/mol. The topological polar surface area (TPSA) is 55.6 Å². The number of carbonyl (C=O) groups is 1. The molecule has 12 heavy (non-hydrogen) atoms. The molecule has 0 aromatic carbocycles. The highest BCUT2D eigenvalue weighted by molar-refractivity contribution is 5.82. The SMILES string of the molecule is NC1CON(CCC2CC2)C1=O. The van der Waals surface area contributed by atoms with Gasteiger partial charge in [0.2, 0.25) is 0 Å². The van der Waals surface area contributed by atoms with Crippen molar-refractivity contribution in [2.75, 3.05) is 13.2 Å². The standard InChI is InChI=1S/C8H14N2O2/c9-7-5-12-10(8(7)11)4-3-6-1-2-6/h6-7H,1-5,9H2. The maximum Gasteiger partial charge on any atom is 0.265 e. The van der Waals surface area contributed by atoms with E-state index in [4.69, 9.17) is 10.6 Å². The molecule has 0 aromatic heterocycles. The van der Waals surface area contributed by atoms with Crippen LogP contribution in [0.15, 0.2) is 0 Å². The van der Waals surface area contributed by atoms with E-state index in [1.807, 2.05) is 0 Å². The lowest BCUT2D eigenvalue weighted by molar-refractivity contribution is -0.162. The number of carbonyl (C=O) groups excluding carboxylic acids is 1. The molecule has 1 unspecified atom stereocenters. The fraction of sp³-hybridized carbons (Fsp3) is 0.875. The van der Waals surface area contributed by atoms with Crippen LogP contribution in [0.4, 0.5) is 0 Å². The van der Waals surface area contributed by atoms with Gasteiger partial charge in [-0.25, -0.2) is 5.06 Å².